The predicted molar refractivity (Wildman–Crippen MR) is 73.6 cm³/mol. The molecule has 8 nitrogen and oxygen atoms in total. The number of nitrogens with one attached hydrogen (secondary N) is 2. The third kappa shape index (κ3) is 3.11. The molecule has 1 heterocycles. The van der Waals surface area contributed by atoms with E-state index in [9.17, 15) is 24.5 Å². The Bertz CT molecular complexity index is 834. The summed E-state index contributed by atoms with van der Waals surface area (Å²) in [5, 5.41) is 10.7. The second-order valence-electron chi connectivity index (χ2n) is 4.46. The lowest BCUT2D eigenvalue weighted by molar-refractivity contribution is -0.385. The topological polar surface area (TPSA) is 126 Å². The molecule has 0 saturated heterocycles. The van der Waals surface area contributed by atoms with Gasteiger partial charge in [0.1, 0.15) is 0 Å². The first-order valence-corrected chi connectivity index (χ1v) is 5.97. The summed E-state index contributed by atoms with van der Waals surface area (Å²) < 4.78 is 0. The first-order valence-electron chi connectivity index (χ1n) is 5.97. The van der Waals surface area contributed by atoms with E-state index in [4.69, 9.17) is 0 Å². The highest BCUT2D eigenvalue weighted by atomic mass is 16.6. The van der Waals surface area contributed by atoms with Gasteiger partial charge in [-0.15, -0.1) is 0 Å². The maximum Gasteiger partial charge on any atom is 0.325 e. The Morgan fingerprint density at radius 1 is 1.33 bits per heavy atom. The highest BCUT2D eigenvalue weighted by Crippen LogP contribution is 2.19. The summed E-state index contributed by atoms with van der Waals surface area (Å²) in [6, 6.07) is 3.99. The van der Waals surface area contributed by atoms with E-state index in [1.165, 1.54) is 31.3 Å². The molecule has 1 aromatic carbocycles. The number of hydrogen-bond donors (Lipinski definition) is 2. The number of nitrogens with zero attached hydrogens (tertiary/aromatic N) is 1. The Labute approximate surface area is 117 Å². The van der Waals surface area contributed by atoms with Gasteiger partial charge in [-0.25, -0.2) is 4.79 Å². The van der Waals surface area contributed by atoms with Gasteiger partial charge in [0, 0.05) is 35.4 Å². The van der Waals surface area contributed by atoms with E-state index in [0.29, 0.717) is 5.56 Å². The molecule has 0 bridgehead atoms. The number of hydrogen-bond acceptors (Lipinski definition) is 5. The Balaban J connectivity index is 2.28. The van der Waals surface area contributed by atoms with Crippen molar-refractivity contribution < 1.29 is 9.72 Å². The molecule has 0 saturated carbocycles. The number of nitro groups is 1. The number of aromatic amines is 2. The third-order valence-electron chi connectivity index (χ3n) is 2.96. The fourth-order valence-corrected chi connectivity index (χ4v) is 1.88. The Morgan fingerprint density at radius 3 is 2.62 bits per heavy atom. The van der Waals surface area contributed by atoms with E-state index in [1.807, 2.05) is 4.98 Å². The van der Waals surface area contributed by atoms with Crippen LogP contribution in [-0.4, -0.2) is 20.7 Å². The van der Waals surface area contributed by atoms with Crippen molar-refractivity contribution in [3.63, 3.8) is 0 Å². The molecule has 2 N–H and O–H groups in total. The van der Waals surface area contributed by atoms with Crippen LogP contribution >= 0.6 is 0 Å². The van der Waals surface area contributed by atoms with Gasteiger partial charge in [0.25, 0.3) is 11.2 Å². The second-order valence-corrected chi connectivity index (χ2v) is 4.46. The predicted octanol–water partition coefficient (Wildman–Crippen LogP) is 0.705. The molecule has 2 aromatic rings. The van der Waals surface area contributed by atoms with E-state index < -0.39 is 16.2 Å². The minimum Gasteiger partial charge on any atom is -0.314 e. The monoisotopic (exact) mass is 289 g/mol. The molecule has 0 aliphatic heterocycles. The van der Waals surface area contributed by atoms with Crippen molar-refractivity contribution in [2.24, 2.45) is 0 Å². The largest absolute Gasteiger partial charge is 0.325 e. The van der Waals surface area contributed by atoms with Gasteiger partial charge in [0.05, 0.1) is 4.92 Å². The SMILES string of the molecule is Cc1cc(C(=O)Cc2c[nH]c(=O)[nH]c2=O)ccc1[N+](=O)[O-]. The van der Waals surface area contributed by atoms with Crippen LogP contribution in [0.15, 0.2) is 34.0 Å². The summed E-state index contributed by atoms with van der Waals surface area (Å²) in [6.07, 6.45) is 0.973. The normalized spacial score (nSPS) is 10.3. The molecule has 0 atom stereocenters. The van der Waals surface area contributed by atoms with Gasteiger partial charge < -0.3 is 4.98 Å². The van der Waals surface area contributed by atoms with Crippen molar-refractivity contribution in [2.75, 3.05) is 0 Å². The summed E-state index contributed by atoms with van der Waals surface area (Å²) in [5.74, 6) is -0.370. The Morgan fingerprint density at radius 2 is 2.05 bits per heavy atom. The number of aromatic nitrogens is 2. The quantitative estimate of drug-likeness (QED) is 0.487. The number of ketones is 1. The molecular formula is C13H11N3O5. The lowest BCUT2D eigenvalue weighted by atomic mass is 10.0. The van der Waals surface area contributed by atoms with Crippen LogP contribution in [0.25, 0.3) is 0 Å². The number of H-pyrrole nitrogens is 2. The van der Waals surface area contributed by atoms with Crippen molar-refractivity contribution in [1.29, 1.82) is 0 Å². The van der Waals surface area contributed by atoms with E-state index in [0.717, 1.165) is 0 Å². The van der Waals surface area contributed by atoms with Crippen LogP contribution < -0.4 is 11.2 Å². The summed E-state index contributed by atoms with van der Waals surface area (Å²) in [5.41, 5.74) is -0.609. The maximum atomic E-state index is 12.1. The van der Waals surface area contributed by atoms with E-state index >= 15 is 0 Å². The van der Waals surface area contributed by atoms with Gasteiger partial charge in [0.15, 0.2) is 5.78 Å². The first kappa shape index (κ1) is 14.4. The van der Waals surface area contributed by atoms with E-state index in [1.54, 1.807) is 0 Å². The van der Waals surface area contributed by atoms with Crippen LogP contribution in [0, 0.1) is 17.0 Å². The van der Waals surface area contributed by atoms with E-state index in [2.05, 4.69) is 4.98 Å². The minimum atomic E-state index is -0.651. The van der Waals surface area contributed by atoms with Crippen molar-refractivity contribution in [3.05, 3.63) is 72.0 Å². The van der Waals surface area contributed by atoms with Gasteiger partial charge in [-0.1, -0.05) is 0 Å². The fourth-order valence-electron chi connectivity index (χ4n) is 1.88. The molecule has 0 fully saturated rings. The molecular weight excluding hydrogens is 278 g/mol. The average molecular weight is 289 g/mol. The molecule has 0 radical (unpaired) electrons. The zero-order valence-electron chi connectivity index (χ0n) is 11.0. The number of nitro benzene ring substituents is 1. The van der Waals surface area contributed by atoms with Gasteiger partial charge in [-0.05, 0) is 19.1 Å². The number of rotatable bonds is 4. The highest BCUT2D eigenvalue weighted by molar-refractivity contribution is 5.97. The third-order valence-corrected chi connectivity index (χ3v) is 2.96. The molecule has 0 unspecified atom stereocenters. The molecule has 21 heavy (non-hydrogen) atoms. The second kappa shape index (κ2) is 5.53. The van der Waals surface area contributed by atoms with Gasteiger partial charge in [0.2, 0.25) is 0 Å². The van der Waals surface area contributed by atoms with Crippen LogP contribution in [0.5, 0.6) is 0 Å². The van der Waals surface area contributed by atoms with Crippen molar-refractivity contribution in [1.82, 2.24) is 9.97 Å². The van der Waals surface area contributed by atoms with Crippen LogP contribution in [-0.2, 0) is 6.42 Å². The number of aryl methyl sites for hydroxylation is 1. The average Bonchev–Trinajstić information content (AvgIpc) is 2.41. The highest BCUT2D eigenvalue weighted by Gasteiger charge is 2.15. The van der Waals surface area contributed by atoms with Gasteiger partial charge in [-0.3, -0.25) is 24.7 Å². The summed E-state index contributed by atoms with van der Waals surface area (Å²) in [6.45, 7) is 1.53. The standard InChI is InChI=1S/C13H11N3O5/c1-7-4-8(2-3-10(7)16(20)21)11(17)5-9-6-14-13(19)15-12(9)18/h2-4,6H,5H2,1H3,(H2,14,15,18,19). The molecule has 0 aliphatic carbocycles. The van der Waals surface area contributed by atoms with Crippen LogP contribution in [0.3, 0.4) is 0 Å². The Kier molecular flexibility index (Phi) is 3.79. The summed E-state index contributed by atoms with van der Waals surface area (Å²) >= 11 is 0. The number of carbonyl (C=O) groups excluding carboxylic acids is 1. The van der Waals surface area contributed by atoms with Gasteiger partial charge in [-0.2, -0.15) is 0 Å². The lowest BCUT2D eigenvalue weighted by Gasteiger charge is -2.03. The zero-order valence-corrected chi connectivity index (χ0v) is 11.0. The van der Waals surface area contributed by atoms with Gasteiger partial charge >= 0.3 is 5.69 Å². The summed E-state index contributed by atoms with van der Waals surface area (Å²) in [4.78, 5) is 48.9. The molecule has 1 aromatic heterocycles. The molecule has 0 spiro atoms. The van der Waals surface area contributed by atoms with E-state index in [-0.39, 0.29) is 29.0 Å². The molecule has 0 amide bonds. The maximum absolute atomic E-state index is 12.1. The zero-order chi connectivity index (χ0) is 15.6. The van der Waals surface area contributed by atoms with Crippen molar-refractivity contribution in [2.45, 2.75) is 13.3 Å². The number of Topliss-reactive ketones (excluding diaryl/α,β-unsaturated/α-hetero) is 1. The fraction of sp³-hybridized carbons (Fsp3) is 0.154. The lowest BCUT2D eigenvalue weighted by Crippen LogP contribution is -2.26. The number of carbonyl (C=O) groups is 1. The first-order chi connectivity index (χ1) is 9.88. The van der Waals surface area contributed by atoms with Crippen molar-refractivity contribution >= 4 is 11.5 Å². The summed E-state index contributed by atoms with van der Waals surface area (Å²) in [7, 11) is 0. The number of benzene rings is 1. The molecule has 0 aliphatic rings. The van der Waals surface area contributed by atoms with Crippen LogP contribution in [0.1, 0.15) is 21.5 Å². The molecule has 108 valence electrons. The van der Waals surface area contributed by atoms with Crippen molar-refractivity contribution in [3.8, 4) is 0 Å². The van der Waals surface area contributed by atoms with Crippen LogP contribution in [0.4, 0.5) is 5.69 Å². The molecule has 2 rings (SSSR count). The molecule has 8 heteroatoms. The Hall–Kier alpha value is -3.03. The smallest absolute Gasteiger partial charge is 0.314 e. The van der Waals surface area contributed by atoms with Crippen LogP contribution in [0.2, 0.25) is 0 Å². The minimum absolute atomic E-state index is 0.0755.